The lowest BCUT2D eigenvalue weighted by molar-refractivity contribution is 0.262. The lowest BCUT2D eigenvalue weighted by Crippen LogP contribution is -2.38. The minimum absolute atomic E-state index is 0.0291. The molecular formula is C23H27F2N5O. The van der Waals surface area contributed by atoms with Crippen LogP contribution in [-0.4, -0.2) is 47.5 Å². The van der Waals surface area contributed by atoms with Gasteiger partial charge in [-0.25, -0.2) is 8.78 Å². The Hall–Kier alpha value is -3.26. The van der Waals surface area contributed by atoms with E-state index in [4.69, 9.17) is 11.1 Å². The molecule has 1 fully saturated rings. The van der Waals surface area contributed by atoms with Gasteiger partial charge in [-0.2, -0.15) is 0 Å². The maximum atomic E-state index is 13.7. The molecule has 3 rings (SSSR count). The molecule has 0 saturated carbocycles. The second-order valence-corrected chi connectivity index (χ2v) is 7.52. The Morgan fingerprint density at radius 1 is 1.26 bits per heavy atom. The summed E-state index contributed by atoms with van der Waals surface area (Å²) in [6.45, 7) is 3.45. The molecule has 6 nitrogen and oxygen atoms in total. The average molecular weight is 427 g/mol. The van der Waals surface area contributed by atoms with Crippen LogP contribution in [0, 0.1) is 17.0 Å². The Morgan fingerprint density at radius 2 is 2.00 bits per heavy atom. The third-order valence-electron chi connectivity index (χ3n) is 5.22. The third-order valence-corrected chi connectivity index (χ3v) is 5.22. The van der Waals surface area contributed by atoms with Gasteiger partial charge < -0.3 is 10.6 Å². The van der Waals surface area contributed by atoms with Gasteiger partial charge in [0.1, 0.15) is 11.7 Å². The number of benzene rings is 2. The summed E-state index contributed by atoms with van der Waals surface area (Å²) in [6.07, 6.45) is 5.18. The van der Waals surface area contributed by atoms with E-state index in [1.54, 1.807) is 19.1 Å². The molecule has 164 valence electrons. The number of amidine groups is 2. The molecule has 2 aromatic rings. The van der Waals surface area contributed by atoms with E-state index in [-0.39, 0.29) is 18.3 Å². The van der Waals surface area contributed by atoms with Crippen LogP contribution in [-0.2, 0) is 0 Å². The van der Waals surface area contributed by atoms with Crippen LogP contribution in [0.15, 0.2) is 53.5 Å². The van der Waals surface area contributed by atoms with Crippen molar-refractivity contribution in [2.75, 3.05) is 24.7 Å². The van der Waals surface area contributed by atoms with Crippen molar-refractivity contribution in [3.05, 3.63) is 71.3 Å². The molecule has 31 heavy (non-hydrogen) atoms. The molecule has 0 unspecified atom stereocenters. The summed E-state index contributed by atoms with van der Waals surface area (Å²) >= 11 is 0. The first-order chi connectivity index (χ1) is 14.8. The second kappa shape index (κ2) is 10.2. The number of nitrogens with one attached hydrogen (secondary N) is 1. The molecule has 0 aliphatic carbocycles. The predicted molar refractivity (Wildman–Crippen MR) is 120 cm³/mol. The molecule has 0 bridgehead atoms. The van der Waals surface area contributed by atoms with Crippen LogP contribution in [0.1, 0.15) is 30.9 Å². The maximum Gasteiger partial charge on any atom is 0.151 e. The van der Waals surface area contributed by atoms with E-state index < -0.39 is 11.6 Å². The van der Waals surface area contributed by atoms with Gasteiger partial charge in [-0.05, 0) is 43.5 Å². The Balaban J connectivity index is 1.61. The fourth-order valence-electron chi connectivity index (χ4n) is 3.48. The Labute approximate surface area is 180 Å². The van der Waals surface area contributed by atoms with Gasteiger partial charge in [0.2, 0.25) is 0 Å². The summed E-state index contributed by atoms with van der Waals surface area (Å²) in [7, 11) is 0. The Bertz CT molecular complexity index is 984. The molecule has 1 heterocycles. The minimum Gasteiger partial charge on any atom is -0.383 e. The highest BCUT2D eigenvalue weighted by atomic mass is 19.1. The number of nitrogens with zero attached hydrogens (tertiary/aromatic N) is 3. The van der Waals surface area contributed by atoms with Gasteiger partial charge in [-0.1, -0.05) is 30.4 Å². The van der Waals surface area contributed by atoms with E-state index in [2.05, 4.69) is 4.99 Å². The van der Waals surface area contributed by atoms with Crippen LogP contribution in [0.2, 0.25) is 0 Å². The normalized spacial score (nSPS) is 15.5. The topological polar surface area (TPSA) is 88.9 Å². The maximum absolute atomic E-state index is 13.7. The molecule has 1 aliphatic rings. The predicted octanol–water partition coefficient (Wildman–Crippen LogP) is 4.04. The second-order valence-electron chi connectivity index (χ2n) is 7.52. The van der Waals surface area contributed by atoms with E-state index in [1.807, 2.05) is 29.2 Å². The van der Waals surface area contributed by atoms with Crippen LogP contribution >= 0.6 is 0 Å². The molecule has 0 spiro atoms. The summed E-state index contributed by atoms with van der Waals surface area (Å²) in [6, 6.07) is 10.7. The van der Waals surface area contributed by atoms with Gasteiger partial charge in [0.15, 0.2) is 5.82 Å². The minimum atomic E-state index is -0.830. The molecule has 0 aromatic heterocycles. The smallest absolute Gasteiger partial charge is 0.151 e. The van der Waals surface area contributed by atoms with Gasteiger partial charge in [0.05, 0.1) is 24.1 Å². The van der Waals surface area contributed by atoms with Crippen molar-refractivity contribution < 1.29 is 14.0 Å². The number of halogens is 2. The summed E-state index contributed by atoms with van der Waals surface area (Å²) in [5, 5.41) is 18.4. The molecular weight excluding hydrogens is 400 g/mol. The van der Waals surface area contributed by atoms with Crippen molar-refractivity contribution in [2.45, 2.75) is 25.8 Å². The van der Waals surface area contributed by atoms with Crippen LogP contribution < -0.4 is 10.8 Å². The van der Waals surface area contributed by atoms with Crippen LogP contribution in [0.4, 0.5) is 14.5 Å². The molecule has 0 atom stereocenters. The van der Waals surface area contributed by atoms with Crippen molar-refractivity contribution in [3.8, 4) is 0 Å². The summed E-state index contributed by atoms with van der Waals surface area (Å²) in [5.74, 6) is -0.476. The quantitative estimate of drug-likeness (QED) is 0.369. The molecule has 2 aromatic carbocycles. The standard InChI is InChI=1S/C23H27F2N5O/c1-16(26)29-12-9-20(10-13-29)28-23(27)18-6-2-4-17(14-18)5-3-11-30(31)22-8-7-19(24)15-21(22)25/h2-8,14-15,20,26,31H,9-13H2,1H3,(H2,27,28)/b5-3+,26-16?. The van der Waals surface area contributed by atoms with Gasteiger partial charge in [-0.15, -0.1) is 0 Å². The SMILES string of the molecule is CC(=N)N1CCC(N=C(N)c2cccc(/C=C/CN(O)c3ccc(F)cc3F)c2)CC1. The molecule has 1 aliphatic heterocycles. The summed E-state index contributed by atoms with van der Waals surface area (Å²) in [5.41, 5.74) is 7.79. The number of hydrogen-bond donors (Lipinski definition) is 3. The highest BCUT2D eigenvalue weighted by Gasteiger charge is 2.19. The fraction of sp³-hybridized carbons (Fsp3) is 0.304. The van der Waals surface area contributed by atoms with E-state index in [0.717, 1.165) is 49.2 Å². The molecule has 4 N–H and O–H groups in total. The Kier molecular flexibility index (Phi) is 7.36. The number of rotatable bonds is 6. The zero-order valence-electron chi connectivity index (χ0n) is 17.4. The highest BCUT2D eigenvalue weighted by molar-refractivity contribution is 5.98. The first kappa shape index (κ1) is 22.4. The fourth-order valence-corrected chi connectivity index (χ4v) is 3.48. The van der Waals surface area contributed by atoms with Crippen molar-refractivity contribution >= 4 is 23.4 Å². The molecule has 1 saturated heterocycles. The van der Waals surface area contributed by atoms with Gasteiger partial charge in [0.25, 0.3) is 0 Å². The lowest BCUT2D eigenvalue weighted by Gasteiger charge is -2.31. The molecule has 8 heteroatoms. The molecule has 0 amide bonds. The summed E-state index contributed by atoms with van der Waals surface area (Å²) in [4.78, 5) is 6.70. The Morgan fingerprint density at radius 3 is 2.68 bits per heavy atom. The van der Waals surface area contributed by atoms with Gasteiger partial charge in [-0.3, -0.25) is 20.7 Å². The number of aliphatic imine (C=N–C) groups is 1. The average Bonchev–Trinajstić information content (AvgIpc) is 2.74. The van der Waals surface area contributed by atoms with Gasteiger partial charge >= 0.3 is 0 Å². The summed E-state index contributed by atoms with van der Waals surface area (Å²) < 4.78 is 26.7. The number of nitrogens with two attached hydrogens (primary N) is 1. The highest BCUT2D eigenvalue weighted by Crippen LogP contribution is 2.19. The number of hydrogen-bond acceptors (Lipinski definition) is 4. The number of hydroxylamine groups is 1. The van der Waals surface area contributed by atoms with Crippen molar-refractivity contribution in [1.29, 1.82) is 5.41 Å². The van der Waals surface area contributed by atoms with Crippen molar-refractivity contribution in [1.82, 2.24) is 4.90 Å². The van der Waals surface area contributed by atoms with Crippen LogP contribution in [0.25, 0.3) is 6.08 Å². The van der Waals surface area contributed by atoms with Crippen molar-refractivity contribution in [2.24, 2.45) is 10.7 Å². The van der Waals surface area contributed by atoms with Crippen LogP contribution in [0.5, 0.6) is 0 Å². The molecule has 0 radical (unpaired) electrons. The first-order valence-corrected chi connectivity index (χ1v) is 10.2. The number of piperidine rings is 1. The zero-order valence-corrected chi connectivity index (χ0v) is 17.4. The first-order valence-electron chi connectivity index (χ1n) is 10.2. The van der Waals surface area contributed by atoms with E-state index >= 15 is 0 Å². The number of likely N-dealkylation sites (tertiary alicyclic amines) is 1. The number of anilines is 1. The zero-order chi connectivity index (χ0) is 22.4. The lowest BCUT2D eigenvalue weighted by atomic mass is 10.0. The van der Waals surface area contributed by atoms with Crippen LogP contribution in [0.3, 0.4) is 0 Å². The third kappa shape index (κ3) is 6.11. The van der Waals surface area contributed by atoms with E-state index in [0.29, 0.717) is 16.7 Å². The monoisotopic (exact) mass is 427 g/mol. The van der Waals surface area contributed by atoms with Gasteiger partial charge in [0, 0.05) is 24.7 Å². The van der Waals surface area contributed by atoms with E-state index in [9.17, 15) is 14.0 Å². The van der Waals surface area contributed by atoms with E-state index in [1.165, 1.54) is 6.07 Å². The van der Waals surface area contributed by atoms with Crippen molar-refractivity contribution in [3.63, 3.8) is 0 Å². The largest absolute Gasteiger partial charge is 0.383 e.